The first-order chi connectivity index (χ1) is 12.2. The van der Waals surface area contributed by atoms with Crippen molar-refractivity contribution in [3.63, 3.8) is 0 Å². The third kappa shape index (κ3) is 6.51. The van der Waals surface area contributed by atoms with Crippen LogP contribution in [0.25, 0.3) is 0 Å². The zero-order chi connectivity index (χ0) is 18.1. The third-order valence-electron chi connectivity index (χ3n) is 5.57. The minimum absolute atomic E-state index is 0.0180. The van der Waals surface area contributed by atoms with Gasteiger partial charge in [0.1, 0.15) is 0 Å². The molecule has 6 nitrogen and oxygen atoms in total. The number of rotatable bonds is 10. The number of methoxy groups -OCH3 is 1. The smallest absolute Gasteiger partial charge is 0.305 e. The molecule has 0 spiro atoms. The number of carbonyl (C=O) groups excluding carboxylic acids is 1. The third-order valence-corrected chi connectivity index (χ3v) is 5.57. The van der Waals surface area contributed by atoms with E-state index in [0.717, 1.165) is 58.0 Å². The number of carbonyl (C=O) groups is 1. The van der Waals surface area contributed by atoms with Gasteiger partial charge in [-0.2, -0.15) is 0 Å². The van der Waals surface area contributed by atoms with Gasteiger partial charge in [-0.1, -0.05) is 19.3 Å². The van der Waals surface area contributed by atoms with Gasteiger partial charge in [0.05, 0.1) is 19.3 Å². The van der Waals surface area contributed by atoms with Crippen LogP contribution in [-0.4, -0.2) is 55.0 Å². The molecule has 0 bridgehead atoms. The van der Waals surface area contributed by atoms with Gasteiger partial charge in [0.2, 0.25) is 0 Å². The Bertz CT molecular complexity index is 382. The van der Waals surface area contributed by atoms with Crippen molar-refractivity contribution in [2.45, 2.75) is 82.7 Å². The summed E-state index contributed by atoms with van der Waals surface area (Å²) in [5.41, 5.74) is 0. The van der Waals surface area contributed by atoms with Crippen LogP contribution < -0.4 is 0 Å². The monoisotopic (exact) mass is 358 g/mol. The summed E-state index contributed by atoms with van der Waals surface area (Å²) in [6.45, 7) is 0.778. The Morgan fingerprint density at radius 3 is 2.64 bits per heavy atom. The fraction of sp³-hybridized carbons (Fsp3) is 0.947. The summed E-state index contributed by atoms with van der Waals surface area (Å²) in [5.74, 6) is -0.0914. The summed E-state index contributed by atoms with van der Waals surface area (Å²) in [6.07, 6.45) is 8.15. The molecule has 1 heterocycles. The lowest BCUT2D eigenvalue weighted by Gasteiger charge is -2.29. The van der Waals surface area contributed by atoms with Gasteiger partial charge in [0.15, 0.2) is 6.29 Å². The van der Waals surface area contributed by atoms with Gasteiger partial charge in [-0.15, -0.1) is 0 Å². The maximum atomic E-state index is 11.1. The molecule has 146 valence electrons. The Morgan fingerprint density at radius 2 is 1.96 bits per heavy atom. The second-order valence-electron chi connectivity index (χ2n) is 7.31. The van der Waals surface area contributed by atoms with Crippen LogP contribution >= 0.6 is 0 Å². The van der Waals surface area contributed by atoms with Crippen molar-refractivity contribution in [3.8, 4) is 0 Å². The molecular formula is C19H34O6. The van der Waals surface area contributed by atoms with Gasteiger partial charge in [-0.25, -0.2) is 0 Å². The van der Waals surface area contributed by atoms with E-state index in [0.29, 0.717) is 12.8 Å². The molecule has 0 amide bonds. The summed E-state index contributed by atoms with van der Waals surface area (Å²) >= 11 is 0. The number of aliphatic hydroxyl groups excluding tert-OH is 2. The van der Waals surface area contributed by atoms with Gasteiger partial charge >= 0.3 is 5.97 Å². The van der Waals surface area contributed by atoms with Gasteiger partial charge in [0, 0.05) is 32.0 Å². The van der Waals surface area contributed by atoms with Crippen molar-refractivity contribution >= 4 is 5.97 Å². The van der Waals surface area contributed by atoms with Crippen LogP contribution in [0.1, 0.15) is 64.2 Å². The maximum absolute atomic E-state index is 11.1. The lowest BCUT2D eigenvalue weighted by molar-refractivity contribution is -0.198. The molecule has 2 fully saturated rings. The van der Waals surface area contributed by atoms with E-state index in [2.05, 4.69) is 4.74 Å². The maximum Gasteiger partial charge on any atom is 0.305 e. The van der Waals surface area contributed by atoms with Crippen molar-refractivity contribution in [3.05, 3.63) is 0 Å². The average molecular weight is 358 g/mol. The number of hydrogen-bond donors (Lipinski definition) is 2. The predicted octanol–water partition coefficient (Wildman–Crippen LogP) is 2.40. The van der Waals surface area contributed by atoms with Gasteiger partial charge in [-0.3, -0.25) is 4.79 Å². The van der Waals surface area contributed by atoms with E-state index in [1.165, 1.54) is 7.11 Å². The first-order valence-electron chi connectivity index (χ1n) is 9.78. The van der Waals surface area contributed by atoms with Crippen molar-refractivity contribution in [2.75, 3.05) is 20.3 Å². The summed E-state index contributed by atoms with van der Waals surface area (Å²) in [7, 11) is 1.41. The van der Waals surface area contributed by atoms with Crippen LogP contribution in [0.3, 0.4) is 0 Å². The molecule has 1 unspecified atom stereocenters. The van der Waals surface area contributed by atoms with E-state index in [-0.39, 0.29) is 36.8 Å². The zero-order valence-corrected chi connectivity index (χ0v) is 15.4. The largest absolute Gasteiger partial charge is 0.469 e. The van der Waals surface area contributed by atoms with Crippen molar-refractivity contribution < 1.29 is 29.2 Å². The molecule has 0 radical (unpaired) electrons. The van der Waals surface area contributed by atoms with E-state index in [1.807, 2.05) is 0 Å². The molecule has 5 atom stereocenters. The van der Waals surface area contributed by atoms with Crippen molar-refractivity contribution in [1.82, 2.24) is 0 Å². The highest BCUT2D eigenvalue weighted by molar-refractivity contribution is 5.68. The quantitative estimate of drug-likeness (QED) is 0.461. The lowest BCUT2D eigenvalue weighted by Crippen LogP contribution is -2.33. The normalized spacial score (nSPS) is 32.7. The first-order valence-corrected chi connectivity index (χ1v) is 9.78. The van der Waals surface area contributed by atoms with Crippen LogP contribution in [0.5, 0.6) is 0 Å². The summed E-state index contributed by atoms with van der Waals surface area (Å²) in [6, 6.07) is 0. The molecule has 1 saturated carbocycles. The first kappa shape index (κ1) is 20.6. The minimum atomic E-state index is -0.416. The van der Waals surface area contributed by atoms with E-state index in [9.17, 15) is 15.0 Å². The van der Waals surface area contributed by atoms with E-state index in [1.54, 1.807) is 0 Å². The average Bonchev–Trinajstić information content (AvgIpc) is 2.92. The number of hydrogen-bond acceptors (Lipinski definition) is 6. The number of esters is 1. The van der Waals surface area contributed by atoms with E-state index >= 15 is 0 Å². The Labute approximate surface area is 150 Å². The van der Waals surface area contributed by atoms with E-state index < -0.39 is 6.10 Å². The highest BCUT2D eigenvalue weighted by atomic mass is 16.7. The fourth-order valence-electron chi connectivity index (χ4n) is 4.08. The molecular weight excluding hydrogens is 324 g/mol. The fourth-order valence-corrected chi connectivity index (χ4v) is 4.08. The highest BCUT2D eigenvalue weighted by Gasteiger charge is 2.43. The summed E-state index contributed by atoms with van der Waals surface area (Å²) < 4.78 is 16.3. The zero-order valence-electron chi connectivity index (χ0n) is 15.4. The predicted molar refractivity (Wildman–Crippen MR) is 92.9 cm³/mol. The molecule has 1 aliphatic carbocycles. The molecule has 2 aliphatic rings. The molecule has 2 N–H and O–H groups in total. The molecule has 1 aliphatic heterocycles. The molecule has 25 heavy (non-hydrogen) atoms. The molecule has 2 rings (SSSR count). The Hall–Kier alpha value is -0.690. The molecule has 0 aromatic rings. The van der Waals surface area contributed by atoms with Crippen LogP contribution in [0.2, 0.25) is 0 Å². The Balaban J connectivity index is 1.69. The van der Waals surface area contributed by atoms with Gasteiger partial charge in [-0.05, 0) is 38.0 Å². The Kier molecular flexibility index (Phi) is 9.17. The van der Waals surface area contributed by atoms with Crippen LogP contribution in [-0.2, 0) is 19.0 Å². The van der Waals surface area contributed by atoms with Crippen LogP contribution in [0, 0.1) is 11.8 Å². The number of unbranched alkanes of at least 4 members (excludes halogenated alkanes) is 3. The van der Waals surface area contributed by atoms with Crippen LogP contribution in [0.15, 0.2) is 0 Å². The Morgan fingerprint density at radius 1 is 1.16 bits per heavy atom. The molecule has 0 aromatic heterocycles. The molecule has 0 aromatic carbocycles. The standard InChI is InChI=1S/C19H34O6/c1-23-18(22)9-5-3-2-4-8-14-15(13-20)17(12-16(14)21)25-19-10-6-7-11-24-19/h14-17,19-21H,2-13H2,1H3/t14-,15-,16+,17-,19?/m0/s1. The topological polar surface area (TPSA) is 85.2 Å². The minimum Gasteiger partial charge on any atom is -0.469 e. The van der Waals surface area contributed by atoms with Crippen molar-refractivity contribution in [1.29, 1.82) is 0 Å². The van der Waals surface area contributed by atoms with Crippen LogP contribution in [0.4, 0.5) is 0 Å². The molecule has 6 heteroatoms. The second kappa shape index (κ2) is 11.1. The SMILES string of the molecule is COC(=O)CCCCCC[C@H]1[C@H](CO)[C@@H](OC2CCCCO2)C[C@H]1O. The molecule has 1 saturated heterocycles. The number of ether oxygens (including phenoxy) is 3. The second-order valence-corrected chi connectivity index (χ2v) is 7.31. The van der Waals surface area contributed by atoms with Crippen molar-refractivity contribution in [2.24, 2.45) is 11.8 Å². The summed E-state index contributed by atoms with van der Waals surface area (Å²) in [5, 5.41) is 20.2. The van der Waals surface area contributed by atoms with Gasteiger partial charge < -0.3 is 24.4 Å². The number of aliphatic hydroxyl groups is 2. The van der Waals surface area contributed by atoms with E-state index in [4.69, 9.17) is 9.47 Å². The lowest BCUT2D eigenvalue weighted by atomic mass is 9.89. The van der Waals surface area contributed by atoms with Gasteiger partial charge in [0.25, 0.3) is 0 Å². The summed E-state index contributed by atoms with van der Waals surface area (Å²) in [4.78, 5) is 11.1. The highest BCUT2D eigenvalue weighted by Crippen LogP contribution is 2.38.